The van der Waals surface area contributed by atoms with E-state index in [9.17, 15) is 4.79 Å². The number of nitrogen functional groups attached to an aromatic ring is 1. The number of hydrogen-bond donors (Lipinski definition) is 2. The summed E-state index contributed by atoms with van der Waals surface area (Å²) in [6, 6.07) is 13.4. The van der Waals surface area contributed by atoms with Gasteiger partial charge in [0, 0.05) is 15.7 Å². The summed E-state index contributed by atoms with van der Waals surface area (Å²) in [4.78, 5) is 12.5. The van der Waals surface area contributed by atoms with E-state index in [-0.39, 0.29) is 11.9 Å². The van der Waals surface area contributed by atoms with Crippen LogP contribution in [0.4, 0.5) is 5.69 Å². The molecule has 0 saturated heterocycles. The summed E-state index contributed by atoms with van der Waals surface area (Å²) in [7, 11) is 0. The van der Waals surface area contributed by atoms with Crippen LogP contribution in [-0.2, 0) is 0 Å². The molecule has 3 nitrogen and oxygen atoms in total. The third-order valence-electron chi connectivity index (χ3n) is 3.61. The van der Waals surface area contributed by atoms with Crippen LogP contribution >= 0.6 is 15.9 Å². The molecule has 0 heterocycles. The molecule has 2 aromatic carbocycles. The molecule has 0 aliphatic carbocycles. The summed E-state index contributed by atoms with van der Waals surface area (Å²) < 4.78 is 1.03. The van der Waals surface area contributed by atoms with Gasteiger partial charge < -0.3 is 11.1 Å². The van der Waals surface area contributed by atoms with Crippen molar-refractivity contribution in [3.05, 3.63) is 63.6 Å². The fraction of sp³-hybridized carbons (Fsp3) is 0.235. The highest BCUT2D eigenvalue weighted by atomic mass is 79.9. The van der Waals surface area contributed by atoms with E-state index < -0.39 is 0 Å². The number of nitrogens with two attached hydrogens (primary N) is 1. The normalized spacial score (nSPS) is 12.0. The molecule has 1 amide bonds. The molecule has 4 heteroatoms. The molecule has 21 heavy (non-hydrogen) atoms. The fourth-order valence-electron chi connectivity index (χ4n) is 2.25. The Morgan fingerprint density at radius 1 is 1.24 bits per heavy atom. The largest absolute Gasteiger partial charge is 0.398 e. The van der Waals surface area contributed by atoms with E-state index in [1.807, 2.05) is 31.2 Å². The van der Waals surface area contributed by atoms with Crippen LogP contribution in [0.3, 0.4) is 0 Å². The van der Waals surface area contributed by atoms with Crippen molar-refractivity contribution in [1.29, 1.82) is 0 Å². The first-order chi connectivity index (χ1) is 10.0. The van der Waals surface area contributed by atoms with E-state index >= 15 is 0 Å². The van der Waals surface area contributed by atoms with Crippen LogP contribution in [0.5, 0.6) is 0 Å². The minimum absolute atomic E-state index is 0.00793. The lowest BCUT2D eigenvalue weighted by atomic mass is 10.0. The molecule has 0 aromatic heterocycles. The van der Waals surface area contributed by atoms with Crippen LogP contribution in [0.2, 0.25) is 0 Å². The van der Waals surface area contributed by atoms with E-state index in [0.717, 1.165) is 22.0 Å². The summed E-state index contributed by atoms with van der Waals surface area (Å²) in [5.74, 6) is -0.0884. The maximum atomic E-state index is 12.5. The highest BCUT2D eigenvalue weighted by Crippen LogP contribution is 2.21. The number of anilines is 1. The lowest BCUT2D eigenvalue weighted by molar-refractivity contribution is 0.0935. The van der Waals surface area contributed by atoms with Crippen molar-refractivity contribution in [2.75, 3.05) is 5.73 Å². The first-order valence-electron chi connectivity index (χ1n) is 6.94. The summed E-state index contributed by atoms with van der Waals surface area (Å²) in [5.41, 5.74) is 9.05. The topological polar surface area (TPSA) is 55.1 Å². The number of halogens is 1. The molecule has 0 aliphatic heterocycles. The second-order valence-corrected chi connectivity index (χ2v) is 5.92. The molecule has 2 aromatic rings. The Balaban J connectivity index is 2.20. The lowest BCUT2D eigenvalue weighted by Gasteiger charge is -2.18. The van der Waals surface area contributed by atoms with E-state index in [4.69, 9.17) is 5.73 Å². The second kappa shape index (κ2) is 6.76. The molecule has 2 rings (SSSR count). The van der Waals surface area contributed by atoms with Gasteiger partial charge in [-0.1, -0.05) is 41.1 Å². The Bertz CT molecular complexity index is 638. The lowest BCUT2D eigenvalue weighted by Crippen LogP contribution is -2.28. The monoisotopic (exact) mass is 346 g/mol. The Labute approximate surface area is 133 Å². The quantitative estimate of drug-likeness (QED) is 0.814. The second-order valence-electron chi connectivity index (χ2n) is 5.01. The van der Waals surface area contributed by atoms with Crippen molar-refractivity contribution in [3.8, 4) is 0 Å². The maximum absolute atomic E-state index is 12.5. The fourth-order valence-corrected chi connectivity index (χ4v) is 2.52. The van der Waals surface area contributed by atoms with Crippen molar-refractivity contribution >= 4 is 27.5 Å². The molecule has 0 aliphatic rings. The van der Waals surface area contributed by atoms with Crippen LogP contribution in [0, 0.1) is 6.92 Å². The number of nitrogens with one attached hydrogen (secondary N) is 1. The van der Waals surface area contributed by atoms with Gasteiger partial charge >= 0.3 is 0 Å². The average Bonchev–Trinajstić information content (AvgIpc) is 2.48. The number of rotatable bonds is 4. The van der Waals surface area contributed by atoms with E-state index in [0.29, 0.717) is 11.3 Å². The number of carbonyl (C=O) groups excluding carboxylic acids is 1. The Kier molecular flexibility index (Phi) is 5.02. The highest BCUT2D eigenvalue weighted by Gasteiger charge is 2.16. The smallest absolute Gasteiger partial charge is 0.252 e. The Morgan fingerprint density at radius 2 is 1.90 bits per heavy atom. The Hall–Kier alpha value is -1.81. The minimum Gasteiger partial charge on any atom is -0.398 e. The molecule has 0 fully saturated rings. The van der Waals surface area contributed by atoms with Crippen molar-refractivity contribution in [2.45, 2.75) is 26.3 Å². The van der Waals surface area contributed by atoms with Gasteiger partial charge in [-0.2, -0.15) is 0 Å². The molecule has 1 unspecified atom stereocenters. The van der Waals surface area contributed by atoms with Gasteiger partial charge in [-0.3, -0.25) is 4.79 Å². The van der Waals surface area contributed by atoms with Crippen LogP contribution in [0.25, 0.3) is 0 Å². The predicted octanol–water partition coefficient (Wildman–Crippen LogP) is 4.22. The van der Waals surface area contributed by atoms with Crippen LogP contribution < -0.4 is 11.1 Å². The van der Waals surface area contributed by atoms with Gasteiger partial charge in [0.15, 0.2) is 0 Å². The number of benzene rings is 2. The van der Waals surface area contributed by atoms with E-state index in [2.05, 4.69) is 28.2 Å². The van der Waals surface area contributed by atoms with Gasteiger partial charge in [0.1, 0.15) is 0 Å². The summed E-state index contributed by atoms with van der Waals surface area (Å²) in [6.45, 7) is 3.92. The van der Waals surface area contributed by atoms with Gasteiger partial charge in [-0.25, -0.2) is 0 Å². The molecule has 0 saturated carbocycles. The number of amides is 1. The van der Waals surface area contributed by atoms with Crippen LogP contribution in [-0.4, -0.2) is 5.91 Å². The predicted molar refractivity (Wildman–Crippen MR) is 90.2 cm³/mol. The molecular formula is C17H19BrN2O. The van der Waals surface area contributed by atoms with Crippen LogP contribution in [0.1, 0.15) is 40.9 Å². The summed E-state index contributed by atoms with van der Waals surface area (Å²) in [6.07, 6.45) is 0.828. The molecule has 1 atom stereocenters. The van der Waals surface area contributed by atoms with Gasteiger partial charge in [-0.15, -0.1) is 0 Å². The molecular weight excluding hydrogens is 328 g/mol. The zero-order valence-corrected chi connectivity index (χ0v) is 13.8. The number of hydrogen-bond acceptors (Lipinski definition) is 2. The summed E-state index contributed by atoms with van der Waals surface area (Å²) >= 11 is 3.42. The molecule has 110 valence electrons. The van der Waals surface area contributed by atoms with Gasteiger partial charge in [0.25, 0.3) is 5.91 Å². The highest BCUT2D eigenvalue weighted by molar-refractivity contribution is 9.10. The number of carbonyl (C=O) groups is 1. The van der Waals surface area contributed by atoms with Crippen molar-refractivity contribution in [3.63, 3.8) is 0 Å². The first-order valence-corrected chi connectivity index (χ1v) is 7.73. The molecule has 3 N–H and O–H groups in total. The SMILES string of the molecule is CCC(NC(=O)c1cccc(N)c1C)c1ccc(Br)cc1. The zero-order chi connectivity index (χ0) is 15.4. The van der Waals surface area contributed by atoms with Gasteiger partial charge in [0.2, 0.25) is 0 Å². The van der Waals surface area contributed by atoms with E-state index in [1.54, 1.807) is 18.2 Å². The Morgan fingerprint density at radius 3 is 2.52 bits per heavy atom. The standard InChI is InChI=1S/C17H19BrN2O/c1-3-16(12-7-9-13(18)10-8-12)20-17(21)14-5-4-6-15(19)11(14)2/h4-10,16H,3,19H2,1-2H3,(H,20,21). The molecule has 0 radical (unpaired) electrons. The average molecular weight is 347 g/mol. The minimum atomic E-state index is -0.0884. The van der Waals surface area contributed by atoms with Crippen LogP contribution in [0.15, 0.2) is 46.9 Å². The van der Waals surface area contributed by atoms with Crippen molar-refractivity contribution in [2.24, 2.45) is 0 Å². The zero-order valence-electron chi connectivity index (χ0n) is 12.2. The van der Waals surface area contributed by atoms with Crippen molar-refractivity contribution < 1.29 is 4.79 Å². The first kappa shape index (κ1) is 15.6. The third kappa shape index (κ3) is 3.64. The molecule has 0 bridgehead atoms. The van der Waals surface area contributed by atoms with E-state index in [1.165, 1.54) is 0 Å². The van der Waals surface area contributed by atoms with Crippen molar-refractivity contribution in [1.82, 2.24) is 5.32 Å². The molecule has 0 spiro atoms. The summed E-state index contributed by atoms with van der Waals surface area (Å²) in [5, 5.41) is 3.08. The van der Waals surface area contributed by atoms with Gasteiger partial charge in [0.05, 0.1) is 6.04 Å². The third-order valence-corrected chi connectivity index (χ3v) is 4.13. The van der Waals surface area contributed by atoms with Gasteiger partial charge in [-0.05, 0) is 48.7 Å². The maximum Gasteiger partial charge on any atom is 0.252 e.